The van der Waals surface area contributed by atoms with Crippen molar-refractivity contribution < 1.29 is 9.53 Å². The number of rotatable bonds is 7. The number of nitriles is 1. The molecule has 2 heterocycles. The van der Waals surface area contributed by atoms with Crippen LogP contribution in [0.5, 0.6) is 5.75 Å². The fourth-order valence-electron chi connectivity index (χ4n) is 4.31. The van der Waals surface area contributed by atoms with E-state index in [0.717, 1.165) is 47.0 Å². The first-order chi connectivity index (χ1) is 16.8. The van der Waals surface area contributed by atoms with Crippen molar-refractivity contribution in [2.75, 3.05) is 18.2 Å². The molecule has 3 aromatic rings. The average molecular weight is 507 g/mol. The van der Waals surface area contributed by atoms with Crippen LogP contribution in [-0.2, 0) is 17.6 Å². The first kappa shape index (κ1) is 25.2. The third kappa shape index (κ3) is 6.03. The first-order valence-corrected chi connectivity index (χ1v) is 13.6. The van der Waals surface area contributed by atoms with Gasteiger partial charge in [0.1, 0.15) is 16.8 Å². The highest BCUT2D eigenvalue weighted by Crippen LogP contribution is 2.38. The maximum absolute atomic E-state index is 12.5. The molecule has 8 heteroatoms. The number of anilines is 1. The van der Waals surface area contributed by atoms with E-state index in [1.54, 1.807) is 7.11 Å². The van der Waals surface area contributed by atoms with Gasteiger partial charge in [-0.1, -0.05) is 32.9 Å². The maximum atomic E-state index is 12.5. The van der Waals surface area contributed by atoms with Gasteiger partial charge in [0.05, 0.1) is 18.4 Å². The number of aromatic nitrogens is 2. The number of ether oxygens (including phenoxy) is 1. The molecule has 0 fully saturated rings. The molecule has 0 saturated carbocycles. The number of nitrogens with one attached hydrogen (secondary N) is 1. The number of fused-ring (bicyclic) bond motifs is 1. The number of thiazole rings is 1. The second-order valence-corrected chi connectivity index (χ2v) is 11.7. The molecule has 35 heavy (non-hydrogen) atoms. The molecule has 0 radical (unpaired) electrons. The summed E-state index contributed by atoms with van der Waals surface area (Å²) in [6.07, 6.45) is 3.34. The molecule has 6 nitrogen and oxygen atoms in total. The molecule has 1 amide bonds. The lowest BCUT2D eigenvalue weighted by molar-refractivity contribution is -0.115. The van der Waals surface area contributed by atoms with E-state index in [4.69, 9.17) is 9.72 Å². The maximum Gasteiger partial charge on any atom is 0.226 e. The van der Waals surface area contributed by atoms with Crippen molar-refractivity contribution in [2.45, 2.75) is 51.5 Å². The highest BCUT2D eigenvalue weighted by molar-refractivity contribution is 7.99. The molecule has 0 bridgehead atoms. The number of para-hydroxylation sites is 1. The van der Waals surface area contributed by atoms with Crippen LogP contribution < -0.4 is 10.1 Å². The highest BCUT2D eigenvalue weighted by atomic mass is 32.2. The van der Waals surface area contributed by atoms with E-state index in [9.17, 15) is 10.1 Å². The first-order valence-electron chi connectivity index (χ1n) is 11.7. The smallest absolute Gasteiger partial charge is 0.226 e. The lowest BCUT2D eigenvalue weighted by Crippen LogP contribution is -2.27. The van der Waals surface area contributed by atoms with Gasteiger partial charge in [-0.05, 0) is 54.4 Å². The van der Waals surface area contributed by atoms with Gasteiger partial charge in [0, 0.05) is 28.8 Å². The SMILES string of the molecule is COc1ccccc1-c1csc(NC(=O)CCSc2nc3c(cc2C#N)CC(C(C)(C)C)CC3)n1. The minimum atomic E-state index is -0.108. The Hall–Kier alpha value is -2.89. The zero-order valence-electron chi connectivity index (χ0n) is 20.6. The lowest BCUT2D eigenvalue weighted by atomic mass is 9.71. The average Bonchev–Trinajstić information content (AvgIpc) is 3.30. The predicted molar refractivity (Wildman–Crippen MR) is 142 cm³/mol. The number of methoxy groups -OCH3 is 1. The molecule has 1 aliphatic carbocycles. The lowest BCUT2D eigenvalue weighted by Gasteiger charge is -2.34. The van der Waals surface area contributed by atoms with Crippen molar-refractivity contribution in [3.8, 4) is 23.1 Å². The molecule has 1 aliphatic rings. The second-order valence-electron chi connectivity index (χ2n) is 9.75. The molecule has 4 rings (SSSR count). The van der Waals surface area contributed by atoms with Crippen molar-refractivity contribution in [3.63, 3.8) is 0 Å². The molecule has 1 aromatic carbocycles. The Morgan fingerprint density at radius 1 is 1.31 bits per heavy atom. The number of carbonyl (C=O) groups is 1. The molecule has 2 aromatic heterocycles. The van der Waals surface area contributed by atoms with E-state index in [1.807, 2.05) is 35.7 Å². The highest BCUT2D eigenvalue weighted by Gasteiger charge is 2.30. The molecule has 182 valence electrons. The number of nitrogens with zero attached hydrogens (tertiary/aromatic N) is 3. The molecule has 0 aliphatic heterocycles. The molecular weight excluding hydrogens is 476 g/mol. The molecule has 1 atom stereocenters. The van der Waals surface area contributed by atoms with Crippen LogP contribution in [0, 0.1) is 22.7 Å². The summed E-state index contributed by atoms with van der Waals surface area (Å²) in [5.41, 5.74) is 4.80. The molecule has 1 unspecified atom stereocenters. The summed E-state index contributed by atoms with van der Waals surface area (Å²) in [5.74, 6) is 1.77. The Balaban J connectivity index is 1.35. The zero-order chi connectivity index (χ0) is 25.0. The normalized spacial score (nSPS) is 15.2. The van der Waals surface area contributed by atoms with Gasteiger partial charge in [-0.25, -0.2) is 9.97 Å². The summed E-state index contributed by atoms with van der Waals surface area (Å²) in [6.45, 7) is 6.84. The van der Waals surface area contributed by atoms with Gasteiger partial charge in [-0.2, -0.15) is 5.26 Å². The summed E-state index contributed by atoms with van der Waals surface area (Å²) in [7, 11) is 1.63. The Kier molecular flexibility index (Phi) is 7.78. The summed E-state index contributed by atoms with van der Waals surface area (Å²) in [6, 6.07) is 12.0. The zero-order valence-corrected chi connectivity index (χ0v) is 22.2. The summed E-state index contributed by atoms with van der Waals surface area (Å²) in [5, 5.41) is 15.7. The van der Waals surface area contributed by atoms with Gasteiger partial charge in [0.2, 0.25) is 5.91 Å². The molecule has 0 saturated heterocycles. The Morgan fingerprint density at radius 2 is 2.11 bits per heavy atom. The second kappa shape index (κ2) is 10.8. The van der Waals surface area contributed by atoms with Crippen LogP contribution >= 0.6 is 23.1 Å². The van der Waals surface area contributed by atoms with Gasteiger partial charge < -0.3 is 10.1 Å². The van der Waals surface area contributed by atoms with Gasteiger partial charge >= 0.3 is 0 Å². The molecule has 1 N–H and O–H groups in total. The number of aryl methyl sites for hydroxylation is 1. The number of pyridine rings is 1. The van der Waals surface area contributed by atoms with E-state index < -0.39 is 0 Å². The Bertz CT molecular complexity index is 1260. The third-order valence-corrected chi connectivity index (χ3v) is 8.15. The standard InChI is InChI=1S/C27H30N4O2S2/c1-27(2,3)19-9-10-21-17(14-19)13-18(15-28)25(29-21)34-12-11-24(32)31-26-30-22(16-35-26)20-7-5-6-8-23(20)33-4/h5-8,13,16,19H,9-12,14H2,1-4H3,(H,30,31,32). The van der Waals surface area contributed by atoms with Crippen molar-refractivity contribution in [1.29, 1.82) is 5.26 Å². The number of hydrogen-bond donors (Lipinski definition) is 1. The van der Waals surface area contributed by atoms with E-state index in [0.29, 0.717) is 28.8 Å². The number of thioether (sulfide) groups is 1. The van der Waals surface area contributed by atoms with E-state index in [1.165, 1.54) is 28.7 Å². The van der Waals surface area contributed by atoms with Crippen molar-refractivity contribution in [3.05, 3.63) is 52.5 Å². The summed E-state index contributed by atoms with van der Waals surface area (Å²) >= 11 is 2.85. The number of carbonyl (C=O) groups excluding carboxylic acids is 1. The van der Waals surface area contributed by atoms with Gasteiger partial charge in [-0.3, -0.25) is 4.79 Å². The number of benzene rings is 1. The van der Waals surface area contributed by atoms with Crippen LogP contribution in [0.3, 0.4) is 0 Å². The van der Waals surface area contributed by atoms with Gasteiger partial charge in [0.15, 0.2) is 5.13 Å². The van der Waals surface area contributed by atoms with Crippen LogP contribution in [0.15, 0.2) is 40.7 Å². The topological polar surface area (TPSA) is 87.9 Å². The van der Waals surface area contributed by atoms with Gasteiger partial charge in [-0.15, -0.1) is 23.1 Å². The van der Waals surface area contributed by atoms with E-state index >= 15 is 0 Å². The number of hydrogen-bond acceptors (Lipinski definition) is 7. The fraction of sp³-hybridized carbons (Fsp3) is 0.407. The molecule has 0 spiro atoms. The quantitative estimate of drug-likeness (QED) is 0.375. The van der Waals surface area contributed by atoms with Crippen molar-refractivity contribution in [1.82, 2.24) is 9.97 Å². The Morgan fingerprint density at radius 3 is 2.86 bits per heavy atom. The largest absolute Gasteiger partial charge is 0.496 e. The van der Waals surface area contributed by atoms with Crippen molar-refractivity contribution >= 4 is 34.1 Å². The summed E-state index contributed by atoms with van der Waals surface area (Å²) < 4.78 is 5.40. The van der Waals surface area contributed by atoms with Crippen LogP contribution in [0.25, 0.3) is 11.3 Å². The monoisotopic (exact) mass is 506 g/mol. The minimum absolute atomic E-state index is 0.108. The van der Waals surface area contributed by atoms with Crippen molar-refractivity contribution in [2.24, 2.45) is 11.3 Å². The van der Waals surface area contributed by atoms with Gasteiger partial charge in [0.25, 0.3) is 0 Å². The van der Waals surface area contributed by atoms with Crippen LogP contribution in [0.1, 0.15) is 50.4 Å². The van der Waals surface area contributed by atoms with E-state index in [-0.39, 0.29) is 11.3 Å². The fourth-order valence-corrected chi connectivity index (χ4v) is 5.95. The van der Waals surface area contributed by atoms with E-state index in [2.05, 4.69) is 37.1 Å². The summed E-state index contributed by atoms with van der Waals surface area (Å²) in [4.78, 5) is 21.9. The van der Waals surface area contributed by atoms with Crippen LogP contribution in [0.4, 0.5) is 5.13 Å². The van der Waals surface area contributed by atoms with Crippen LogP contribution in [-0.4, -0.2) is 28.7 Å². The number of amides is 1. The Labute approximate surface area is 215 Å². The minimum Gasteiger partial charge on any atom is -0.496 e. The third-order valence-electron chi connectivity index (χ3n) is 6.40. The predicted octanol–water partition coefficient (Wildman–Crippen LogP) is 6.36. The van der Waals surface area contributed by atoms with Crippen LogP contribution in [0.2, 0.25) is 0 Å². The molecular formula is C27H30N4O2S2.